The summed E-state index contributed by atoms with van der Waals surface area (Å²) in [5, 5.41) is 9.87. The van der Waals surface area contributed by atoms with Crippen molar-refractivity contribution in [1.82, 2.24) is 9.97 Å². The van der Waals surface area contributed by atoms with Crippen LogP contribution in [0, 0.1) is 0 Å². The Morgan fingerprint density at radius 3 is 2.85 bits per heavy atom. The highest BCUT2D eigenvalue weighted by atomic mass is 16.2. The third kappa shape index (κ3) is 1.51. The highest BCUT2D eigenvalue weighted by molar-refractivity contribution is 5.78. The molecule has 0 amide bonds. The van der Waals surface area contributed by atoms with E-state index in [-0.39, 0.29) is 6.61 Å². The lowest BCUT2D eigenvalue weighted by Gasteiger charge is -2.01. The maximum atomic E-state index is 8.84. The summed E-state index contributed by atoms with van der Waals surface area (Å²) in [6.07, 6.45) is 4.10. The summed E-state index contributed by atoms with van der Waals surface area (Å²) in [5.74, 6) is 0. The van der Waals surface area contributed by atoms with Crippen LogP contribution in [0.4, 0.5) is 0 Å². The van der Waals surface area contributed by atoms with E-state index in [4.69, 9.17) is 5.11 Å². The van der Waals surface area contributed by atoms with Crippen molar-refractivity contribution < 1.29 is 5.11 Å². The summed E-state index contributed by atoms with van der Waals surface area (Å²) in [6.45, 7) is 0.161. The van der Waals surface area contributed by atoms with Gasteiger partial charge in [0.2, 0.25) is 0 Å². The number of hydrogen-bond donors (Lipinski definition) is 1. The van der Waals surface area contributed by atoms with Crippen molar-refractivity contribution in [3.63, 3.8) is 0 Å². The summed E-state index contributed by atoms with van der Waals surface area (Å²) in [4.78, 5) is 8.26. The molecule has 0 saturated heterocycles. The molecule has 0 aliphatic carbocycles. The molecule has 13 heavy (non-hydrogen) atoms. The fourth-order valence-corrected chi connectivity index (χ4v) is 1.38. The molecule has 2 aromatic rings. The Hall–Kier alpha value is -1.48. The van der Waals surface area contributed by atoms with Gasteiger partial charge in [0.15, 0.2) is 5.65 Å². The molecule has 3 heteroatoms. The molecule has 0 fully saturated rings. The van der Waals surface area contributed by atoms with Crippen molar-refractivity contribution in [2.75, 3.05) is 6.61 Å². The molecule has 0 atom stereocenters. The summed E-state index contributed by atoms with van der Waals surface area (Å²) >= 11 is 0. The van der Waals surface area contributed by atoms with Crippen molar-refractivity contribution in [3.8, 4) is 0 Å². The van der Waals surface area contributed by atoms with Crippen LogP contribution in [0.3, 0.4) is 0 Å². The molecule has 0 aromatic carbocycles. The molecule has 0 unspecified atom stereocenters. The Morgan fingerprint density at radius 2 is 2.00 bits per heavy atom. The van der Waals surface area contributed by atoms with E-state index in [2.05, 4.69) is 9.97 Å². The third-order valence-corrected chi connectivity index (χ3v) is 1.99. The molecule has 0 spiro atoms. The van der Waals surface area contributed by atoms with Gasteiger partial charge in [0.25, 0.3) is 0 Å². The first-order chi connectivity index (χ1) is 6.42. The standard InChI is InChI=1S/C10H10N2O/c13-7-4-8-3-6-12-10-9(8)2-1-5-11-10/h1-3,5-6,13H,4,7H2. The molecule has 2 aromatic heterocycles. The number of aromatic nitrogens is 2. The van der Waals surface area contributed by atoms with Crippen LogP contribution in [0.1, 0.15) is 5.56 Å². The predicted octanol–water partition coefficient (Wildman–Crippen LogP) is 1.16. The van der Waals surface area contributed by atoms with Gasteiger partial charge in [-0.3, -0.25) is 0 Å². The van der Waals surface area contributed by atoms with Crippen LogP contribution in [0.25, 0.3) is 11.0 Å². The number of nitrogens with zero attached hydrogens (tertiary/aromatic N) is 2. The third-order valence-electron chi connectivity index (χ3n) is 1.99. The molecule has 66 valence electrons. The Bertz CT molecular complexity index is 409. The van der Waals surface area contributed by atoms with E-state index in [1.54, 1.807) is 12.4 Å². The summed E-state index contributed by atoms with van der Waals surface area (Å²) < 4.78 is 0. The lowest BCUT2D eigenvalue weighted by Crippen LogP contribution is -1.93. The fourth-order valence-electron chi connectivity index (χ4n) is 1.38. The normalized spacial score (nSPS) is 10.5. The summed E-state index contributed by atoms with van der Waals surface area (Å²) in [5.41, 5.74) is 1.84. The van der Waals surface area contributed by atoms with Crippen molar-refractivity contribution >= 4 is 11.0 Å². The van der Waals surface area contributed by atoms with E-state index in [0.717, 1.165) is 16.6 Å². The van der Waals surface area contributed by atoms with Gasteiger partial charge in [0, 0.05) is 24.4 Å². The maximum Gasteiger partial charge on any atom is 0.159 e. The smallest absolute Gasteiger partial charge is 0.159 e. The SMILES string of the molecule is OCCc1ccnc2ncccc12. The monoisotopic (exact) mass is 174 g/mol. The second kappa shape index (κ2) is 3.49. The van der Waals surface area contributed by atoms with Crippen molar-refractivity contribution in [2.45, 2.75) is 6.42 Å². The number of pyridine rings is 2. The molecule has 3 nitrogen and oxygen atoms in total. The van der Waals surface area contributed by atoms with Crippen LogP contribution in [-0.2, 0) is 6.42 Å². The quantitative estimate of drug-likeness (QED) is 0.743. The second-order valence-electron chi connectivity index (χ2n) is 2.82. The molecule has 0 aliphatic heterocycles. The van der Waals surface area contributed by atoms with Crippen LogP contribution in [-0.4, -0.2) is 21.7 Å². The van der Waals surface area contributed by atoms with Crippen LogP contribution in [0.2, 0.25) is 0 Å². The number of fused-ring (bicyclic) bond motifs is 1. The molecular weight excluding hydrogens is 164 g/mol. The van der Waals surface area contributed by atoms with Gasteiger partial charge in [0.05, 0.1) is 0 Å². The van der Waals surface area contributed by atoms with Crippen molar-refractivity contribution in [3.05, 3.63) is 36.2 Å². The van der Waals surface area contributed by atoms with Gasteiger partial charge < -0.3 is 5.11 Å². The average molecular weight is 174 g/mol. The molecule has 0 bridgehead atoms. The van der Waals surface area contributed by atoms with Crippen molar-refractivity contribution in [2.24, 2.45) is 0 Å². The molecule has 0 saturated carbocycles. The number of hydrogen-bond acceptors (Lipinski definition) is 3. The fraction of sp³-hybridized carbons (Fsp3) is 0.200. The zero-order chi connectivity index (χ0) is 9.10. The first-order valence-electron chi connectivity index (χ1n) is 4.21. The van der Waals surface area contributed by atoms with Gasteiger partial charge in [0.1, 0.15) is 0 Å². The van der Waals surface area contributed by atoms with Gasteiger partial charge in [-0.1, -0.05) is 0 Å². The van der Waals surface area contributed by atoms with Crippen LogP contribution in [0.15, 0.2) is 30.6 Å². The minimum absolute atomic E-state index is 0.161. The number of aliphatic hydroxyl groups is 1. The van der Waals surface area contributed by atoms with Gasteiger partial charge in [-0.05, 0) is 30.2 Å². The first-order valence-corrected chi connectivity index (χ1v) is 4.21. The van der Waals surface area contributed by atoms with E-state index in [9.17, 15) is 0 Å². The highest BCUT2D eigenvalue weighted by Gasteiger charge is 2.00. The summed E-state index contributed by atoms with van der Waals surface area (Å²) in [7, 11) is 0. The predicted molar refractivity (Wildman–Crippen MR) is 50.3 cm³/mol. The lowest BCUT2D eigenvalue weighted by atomic mass is 10.1. The Morgan fingerprint density at radius 1 is 1.15 bits per heavy atom. The molecule has 2 rings (SSSR count). The van der Waals surface area contributed by atoms with E-state index < -0.39 is 0 Å². The maximum absolute atomic E-state index is 8.84. The zero-order valence-corrected chi connectivity index (χ0v) is 7.14. The van der Waals surface area contributed by atoms with E-state index >= 15 is 0 Å². The van der Waals surface area contributed by atoms with E-state index in [0.29, 0.717) is 6.42 Å². The Labute approximate surface area is 76.1 Å². The summed E-state index contributed by atoms with van der Waals surface area (Å²) in [6, 6.07) is 5.77. The van der Waals surface area contributed by atoms with Gasteiger partial charge >= 0.3 is 0 Å². The Balaban J connectivity index is 2.61. The zero-order valence-electron chi connectivity index (χ0n) is 7.14. The molecule has 0 aliphatic rings. The second-order valence-corrected chi connectivity index (χ2v) is 2.82. The molecule has 2 heterocycles. The van der Waals surface area contributed by atoms with Crippen LogP contribution < -0.4 is 0 Å². The molecule has 0 radical (unpaired) electrons. The largest absolute Gasteiger partial charge is 0.396 e. The van der Waals surface area contributed by atoms with Crippen LogP contribution in [0.5, 0.6) is 0 Å². The average Bonchev–Trinajstić information content (AvgIpc) is 2.19. The molecular formula is C10H10N2O. The van der Waals surface area contributed by atoms with Crippen LogP contribution >= 0.6 is 0 Å². The van der Waals surface area contributed by atoms with E-state index in [1.165, 1.54) is 0 Å². The minimum atomic E-state index is 0.161. The minimum Gasteiger partial charge on any atom is -0.396 e. The number of rotatable bonds is 2. The van der Waals surface area contributed by atoms with Gasteiger partial charge in [-0.15, -0.1) is 0 Å². The first kappa shape index (κ1) is 8.13. The lowest BCUT2D eigenvalue weighted by molar-refractivity contribution is 0.300. The van der Waals surface area contributed by atoms with Gasteiger partial charge in [-0.25, -0.2) is 9.97 Å². The highest BCUT2D eigenvalue weighted by Crippen LogP contribution is 2.13. The van der Waals surface area contributed by atoms with Gasteiger partial charge in [-0.2, -0.15) is 0 Å². The molecule has 1 N–H and O–H groups in total. The topological polar surface area (TPSA) is 46.0 Å². The van der Waals surface area contributed by atoms with E-state index in [1.807, 2.05) is 18.2 Å². The number of aliphatic hydroxyl groups excluding tert-OH is 1. The van der Waals surface area contributed by atoms with Crippen molar-refractivity contribution in [1.29, 1.82) is 0 Å². The Kier molecular flexibility index (Phi) is 2.19.